The Hall–Kier alpha value is -1.66. The quantitative estimate of drug-likeness (QED) is 0.258. The van der Waals surface area contributed by atoms with Gasteiger partial charge >= 0.3 is 0 Å². The van der Waals surface area contributed by atoms with Gasteiger partial charge < -0.3 is 21.4 Å². The number of nitrogens with two attached hydrogens (primary N) is 1. The average Bonchev–Trinajstić information content (AvgIpc) is 2.37. The predicted molar refractivity (Wildman–Crippen MR) is 67.3 cm³/mol. The summed E-state index contributed by atoms with van der Waals surface area (Å²) in [6.07, 6.45) is 4.68. The summed E-state index contributed by atoms with van der Waals surface area (Å²) in [4.78, 5) is 4.10. The van der Waals surface area contributed by atoms with Crippen molar-refractivity contribution in [3.8, 4) is 0 Å². The van der Waals surface area contributed by atoms with Crippen LogP contribution in [0, 0.1) is 0 Å². The van der Waals surface area contributed by atoms with Gasteiger partial charge in [-0.05, 0) is 30.9 Å². The summed E-state index contributed by atoms with van der Waals surface area (Å²) >= 11 is 0. The van der Waals surface area contributed by atoms with Crippen molar-refractivity contribution in [2.24, 2.45) is 10.9 Å². The zero-order valence-electron chi connectivity index (χ0n) is 10.1. The molecule has 1 aromatic heterocycles. The summed E-state index contributed by atoms with van der Waals surface area (Å²) in [7, 11) is 0. The van der Waals surface area contributed by atoms with Crippen LogP contribution in [0.25, 0.3) is 0 Å². The van der Waals surface area contributed by atoms with E-state index in [2.05, 4.69) is 15.5 Å². The zero-order chi connectivity index (χ0) is 13.0. The molecule has 0 bridgehead atoms. The molecule has 0 aliphatic heterocycles. The van der Waals surface area contributed by atoms with Gasteiger partial charge in [-0.15, -0.1) is 0 Å². The summed E-state index contributed by atoms with van der Waals surface area (Å²) in [6.45, 7) is 0.673. The Balaban J connectivity index is 2.09. The van der Waals surface area contributed by atoms with E-state index in [1.165, 1.54) is 0 Å². The third-order valence-electron chi connectivity index (χ3n) is 3.51. The number of aliphatic hydroxyl groups is 1. The summed E-state index contributed by atoms with van der Waals surface area (Å²) in [6, 6.07) is 3.68. The molecule has 0 aromatic carbocycles. The molecule has 1 fully saturated rings. The van der Waals surface area contributed by atoms with Gasteiger partial charge in [-0.25, -0.2) is 0 Å². The fraction of sp³-hybridized carbons (Fsp3) is 0.500. The number of aromatic nitrogens is 1. The predicted octanol–water partition coefficient (Wildman–Crippen LogP) is 0.181. The molecule has 1 aliphatic rings. The van der Waals surface area contributed by atoms with Crippen LogP contribution in [0.3, 0.4) is 0 Å². The van der Waals surface area contributed by atoms with Crippen LogP contribution in [0.1, 0.15) is 30.5 Å². The van der Waals surface area contributed by atoms with Crippen LogP contribution in [0.4, 0.5) is 0 Å². The molecule has 18 heavy (non-hydrogen) atoms. The minimum absolute atomic E-state index is 0.000872. The van der Waals surface area contributed by atoms with Crippen molar-refractivity contribution in [1.29, 1.82) is 0 Å². The van der Waals surface area contributed by atoms with Crippen molar-refractivity contribution in [3.05, 3.63) is 29.6 Å². The van der Waals surface area contributed by atoms with E-state index in [4.69, 9.17) is 10.9 Å². The minimum atomic E-state index is -0.168. The molecular formula is C12H18N4O2. The van der Waals surface area contributed by atoms with Gasteiger partial charge in [0.25, 0.3) is 0 Å². The molecule has 1 saturated carbocycles. The summed E-state index contributed by atoms with van der Waals surface area (Å²) in [5.74, 6) is -0.000872. The van der Waals surface area contributed by atoms with Crippen LogP contribution in [0.15, 0.2) is 23.5 Å². The smallest absolute Gasteiger partial charge is 0.189 e. The number of aliphatic hydroxyl groups excluding tert-OH is 1. The highest BCUT2D eigenvalue weighted by atomic mass is 16.4. The topological polar surface area (TPSA) is 104 Å². The maximum Gasteiger partial charge on any atom is 0.189 e. The Morgan fingerprint density at radius 1 is 1.56 bits per heavy atom. The van der Waals surface area contributed by atoms with E-state index in [1.54, 1.807) is 12.3 Å². The van der Waals surface area contributed by atoms with Crippen LogP contribution in [0.2, 0.25) is 0 Å². The molecule has 6 heteroatoms. The van der Waals surface area contributed by atoms with Gasteiger partial charge in [0.05, 0.1) is 6.61 Å². The second-order valence-corrected chi connectivity index (χ2v) is 4.64. The van der Waals surface area contributed by atoms with Crippen molar-refractivity contribution in [2.75, 3.05) is 6.61 Å². The van der Waals surface area contributed by atoms with Gasteiger partial charge in [-0.2, -0.15) is 0 Å². The molecule has 1 aliphatic carbocycles. The normalized spacial score (nSPS) is 18.4. The third-order valence-corrected chi connectivity index (χ3v) is 3.51. The number of oxime groups is 1. The molecule has 98 valence electrons. The van der Waals surface area contributed by atoms with Gasteiger partial charge in [-0.3, -0.25) is 4.98 Å². The molecule has 0 atom stereocenters. The summed E-state index contributed by atoms with van der Waals surface area (Å²) < 4.78 is 0. The average molecular weight is 250 g/mol. The fourth-order valence-electron chi connectivity index (χ4n) is 2.14. The van der Waals surface area contributed by atoms with Crippen molar-refractivity contribution in [2.45, 2.75) is 31.3 Å². The van der Waals surface area contributed by atoms with E-state index in [0.29, 0.717) is 12.2 Å². The monoisotopic (exact) mass is 250 g/mol. The Labute approximate surface area is 106 Å². The van der Waals surface area contributed by atoms with E-state index < -0.39 is 0 Å². The van der Waals surface area contributed by atoms with E-state index >= 15 is 0 Å². The first kappa shape index (κ1) is 12.8. The number of amidine groups is 1. The first-order valence-electron chi connectivity index (χ1n) is 5.98. The van der Waals surface area contributed by atoms with Crippen LogP contribution in [-0.2, 0) is 6.54 Å². The van der Waals surface area contributed by atoms with Gasteiger partial charge in [0.15, 0.2) is 5.84 Å². The van der Waals surface area contributed by atoms with Gasteiger partial charge in [-0.1, -0.05) is 11.2 Å². The van der Waals surface area contributed by atoms with E-state index in [0.717, 1.165) is 24.8 Å². The molecule has 0 amide bonds. The standard InChI is InChI=1S/C12H18N4O2/c13-11(16-18)10-9(3-1-6-14-10)7-15-12(8-17)4-2-5-12/h1,3,6,15,17-18H,2,4-5,7-8H2,(H2,13,16). The second-order valence-electron chi connectivity index (χ2n) is 4.64. The highest BCUT2D eigenvalue weighted by Gasteiger charge is 2.35. The van der Waals surface area contributed by atoms with Gasteiger partial charge in [0.2, 0.25) is 0 Å². The third kappa shape index (κ3) is 2.44. The van der Waals surface area contributed by atoms with Crippen molar-refractivity contribution >= 4 is 5.84 Å². The molecule has 1 aromatic rings. The van der Waals surface area contributed by atoms with Crippen LogP contribution >= 0.6 is 0 Å². The molecule has 0 radical (unpaired) electrons. The molecule has 1 heterocycles. The summed E-state index contributed by atoms with van der Waals surface area (Å²) in [5, 5.41) is 24.4. The largest absolute Gasteiger partial charge is 0.409 e. The Bertz CT molecular complexity index is 438. The lowest BCUT2D eigenvalue weighted by Gasteiger charge is -2.41. The summed E-state index contributed by atoms with van der Waals surface area (Å²) in [5.41, 5.74) is 6.73. The van der Waals surface area contributed by atoms with Crippen molar-refractivity contribution < 1.29 is 10.3 Å². The highest BCUT2D eigenvalue weighted by molar-refractivity contribution is 5.96. The van der Waals surface area contributed by atoms with E-state index in [1.807, 2.05) is 6.07 Å². The fourth-order valence-corrected chi connectivity index (χ4v) is 2.14. The van der Waals surface area contributed by atoms with Crippen molar-refractivity contribution in [3.63, 3.8) is 0 Å². The maximum atomic E-state index is 9.37. The molecule has 6 nitrogen and oxygen atoms in total. The Morgan fingerprint density at radius 3 is 2.89 bits per heavy atom. The lowest BCUT2D eigenvalue weighted by atomic mass is 9.77. The van der Waals surface area contributed by atoms with Crippen LogP contribution < -0.4 is 11.1 Å². The molecule has 2 rings (SSSR count). The number of nitrogens with one attached hydrogen (secondary N) is 1. The van der Waals surface area contributed by atoms with Crippen LogP contribution in [-0.4, -0.2) is 33.3 Å². The molecule has 5 N–H and O–H groups in total. The maximum absolute atomic E-state index is 9.37. The van der Waals surface area contributed by atoms with Crippen molar-refractivity contribution in [1.82, 2.24) is 10.3 Å². The molecule has 0 unspecified atom stereocenters. The second kappa shape index (κ2) is 5.32. The first-order chi connectivity index (χ1) is 8.71. The molecule has 0 spiro atoms. The Kier molecular flexibility index (Phi) is 3.78. The number of pyridine rings is 1. The number of hydrogen-bond acceptors (Lipinski definition) is 5. The first-order valence-corrected chi connectivity index (χ1v) is 5.98. The SMILES string of the molecule is N/C(=N/O)c1ncccc1CNC1(CO)CCC1. The highest BCUT2D eigenvalue weighted by Crippen LogP contribution is 2.31. The van der Waals surface area contributed by atoms with Gasteiger partial charge in [0.1, 0.15) is 5.69 Å². The Morgan fingerprint density at radius 2 is 2.33 bits per heavy atom. The lowest BCUT2D eigenvalue weighted by Crippen LogP contribution is -2.53. The number of rotatable bonds is 5. The van der Waals surface area contributed by atoms with E-state index in [-0.39, 0.29) is 18.0 Å². The zero-order valence-corrected chi connectivity index (χ0v) is 10.1. The number of nitrogens with zero attached hydrogens (tertiary/aromatic N) is 2. The van der Waals surface area contributed by atoms with Crippen LogP contribution in [0.5, 0.6) is 0 Å². The molecular weight excluding hydrogens is 232 g/mol. The number of hydrogen-bond donors (Lipinski definition) is 4. The van der Waals surface area contributed by atoms with E-state index in [9.17, 15) is 5.11 Å². The minimum Gasteiger partial charge on any atom is -0.409 e. The lowest BCUT2D eigenvalue weighted by molar-refractivity contribution is 0.0871. The van der Waals surface area contributed by atoms with Gasteiger partial charge in [0, 0.05) is 18.3 Å². The molecule has 0 saturated heterocycles.